The molecule has 0 bridgehead atoms. The molecule has 1 aromatic rings. The van der Waals surface area contributed by atoms with Crippen molar-refractivity contribution < 1.29 is 0 Å². The summed E-state index contributed by atoms with van der Waals surface area (Å²) in [5, 5.41) is 0. The lowest BCUT2D eigenvalue weighted by atomic mass is 9.77. The molecule has 1 fully saturated rings. The fraction of sp³-hybridized carbons (Fsp3) is 0.692. The van der Waals surface area contributed by atoms with Crippen LogP contribution in [0.25, 0.3) is 0 Å². The number of nitrogens with two attached hydrogens (primary N) is 1. The van der Waals surface area contributed by atoms with Gasteiger partial charge in [-0.2, -0.15) is 0 Å². The smallest absolute Gasteiger partial charge is 0.0423 e. The first-order valence-electron chi connectivity index (χ1n) is 5.82. The first-order valence-corrected chi connectivity index (χ1v) is 6.64. The van der Waals surface area contributed by atoms with Crippen molar-refractivity contribution in [3.05, 3.63) is 21.9 Å². The number of thiophene rings is 1. The predicted molar refractivity (Wildman–Crippen MR) is 67.1 cm³/mol. The molecule has 0 spiro atoms. The van der Waals surface area contributed by atoms with Crippen LogP contribution in [0.2, 0.25) is 0 Å². The van der Waals surface area contributed by atoms with E-state index >= 15 is 0 Å². The van der Waals surface area contributed by atoms with Crippen molar-refractivity contribution in [3.8, 4) is 0 Å². The molecule has 2 unspecified atom stereocenters. The van der Waals surface area contributed by atoms with Crippen LogP contribution < -0.4 is 5.73 Å². The zero-order valence-corrected chi connectivity index (χ0v) is 10.7. The van der Waals surface area contributed by atoms with Crippen LogP contribution in [0.5, 0.6) is 0 Å². The summed E-state index contributed by atoms with van der Waals surface area (Å²) in [5.41, 5.74) is 6.83. The summed E-state index contributed by atoms with van der Waals surface area (Å²) in [6.07, 6.45) is 3.97. The number of hydrogen-bond donors (Lipinski definition) is 1. The Kier molecular flexibility index (Phi) is 2.91. The minimum Gasteiger partial charge on any atom is -0.323 e. The lowest BCUT2D eigenvalue weighted by molar-refractivity contribution is 0.224. The Balaban J connectivity index is 2.17. The minimum atomic E-state index is 0.251. The maximum atomic E-state index is 6.40. The average Bonchev–Trinajstić information content (AvgIpc) is 2.70. The Hall–Kier alpha value is -0.340. The normalized spacial score (nSPS) is 26.8. The van der Waals surface area contributed by atoms with E-state index in [1.165, 1.54) is 29.0 Å². The van der Waals surface area contributed by atoms with E-state index in [9.17, 15) is 0 Å². The van der Waals surface area contributed by atoms with E-state index in [2.05, 4.69) is 32.9 Å². The van der Waals surface area contributed by atoms with Crippen LogP contribution in [0.3, 0.4) is 0 Å². The molecule has 84 valence electrons. The Morgan fingerprint density at radius 2 is 2.20 bits per heavy atom. The lowest BCUT2D eigenvalue weighted by Crippen LogP contribution is -2.28. The lowest BCUT2D eigenvalue weighted by Gasteiger charge is -2.31. The van der Waals surface area contributed by atoms with Gasteiger partial charge in [-0.1, -0.05) is 20.3 Å². The molecule has 0 saturated heterocycles. The summed E-state index contributed by atoms with van der Waals surface area (Å²) in [7, 11) is 0. The molecule has 1 aliphatic carbocycles. The van der Waals surface area contributed by atoms with Crippen LogP contribution in [0.4, 0.5) is 0 Å². The number of hydrogen-bond acceptors (Lipinski definition) is 2. The van der Waals surface area contributed by atoms with Crippen LogP contribution in [0.15, 0.2) is 12.1 Å². The molecule has 2 heteroatoms. The highest BCUT2D eigenvalue weighted by Gasteiger charge is 2.38. The summed E-state index contributed by atoms with van der Waals surface area (Å²) in [5.74, 6) is 0.663. The first kappa shape index (κ1) is 11.2. The van der Waals surface area contributed by atoms with Crippen molar-refractivity contribution in [2.75, 3.05) is 0 Å². The molecular formula is C13H21NS. The zero-order chi connectivity index (χ0) is 11.1. The molecule has 2 rings (SSSR count). The van der Waals surface area contributed by atoms with Gasteiger partial charge in [-0.05, 0) is 43.2 Å². The summed E-state index contributed by atoms with van der Waals surface area (Å²) in [6, 6.07) is 4.64. The summed E-state index contributed by atoms with van der Waals surface area (Å²) >= 11 is 1.86. The SMILES string of the molecule is Cc1ccc(C(N)C2CCCC2(C)C)s1. The highest BCUT2D eigenvalue weighted by atomic mass is 32.1. The van der Waals surface area contributed by atoms with E-state index in [-0.39, 0.29) is 6.04 Å². The minimum absolute atomic E-state index is 0.251. The van der Waals surface area contributed by atoms with Crippen molar-refractivity contribution in [2.24, 2.45) is 17.1 Å². The second kappa shape index (κ2) is 3.91. The van der Waals surface area contributed by atoms with E-state index in [0.717, 1.165) is 0 Å². The molecule has 1 nitrogen and oxygen atoms in total. The van der Waals surface area contributed by atoms with E-state index in [1.54, 1.807) is 0 Å². The van der Waals surface area contributed by atoms with Crippen LogP contribution in [-0.4, -0.2) is 0 Å². The number of aryl methyl sites for hydroxylation is 1. The molecule has 0 aliphatic heterocycles. The third-order valence-electron chi connectivity index (χ3n) is 3.86. The van der Waals surface area contributed by atoms with Gasteiger partial charge in [0.15, 0.2) is 0 Å². The molecule has 1 aliphatic rings. The van der Waals surface area contributed by atoms with Gasteiger partial charge in [-0.25, -0.2) is 0 Å². The molecule has 0 radical (unpaired) electrons. The van der Waals surface area contributed by atoms with Gasteiger partial charge in [0.25, 0.3) is 0 Å². The standard InChI is InChI=1S/C13H21NS/c1-9-6-7-11(15-9)12(14)10-5-4-8-13(10,2)3/h6-7,10,12H,4-5,8,14H2,1-3H3. The fourth-order valence-electron chi connectivity index (χ4n) is 2.85. The van der Waals surface area contributed by atoms with Crippen molar-refractivity contribution in [3.63, 3.8) is 0 Å². The van der Waals surface area contributed by atoms with Gasteiger partial charge in [0.1, 0.15) is 0 Å². The van der Waals surface area contributed by atoms with E-state index < -0.39 is 0 Å². The predicted octanol–water partition coefficient (Wildman–Crippen LogP) is 3.88. The molecule has 0 aromatic carbocycles. The second-order valence-electron chi connectivity index (χ2n) is 5.46. The van der Waals surface area contributed by atoms with Crippen LogP contribution in [-0.2, 0) is 0 Å². The first-order chi connectivity index (χ1) is 7.00. The van der Waals surface area contributed by atoms with Crippen molar-refractivity contribution in [1.82, 2.24) is 0 Å². The molecule has 0 amide bonds. The monoisotopic (exact) mass is 223 g/mol. The van der Waals surface area contributed by atoms with Gasteiger partial charge in [-0.15, -0.1) is 11.3 Å². The van der Waals surface area contributed by atoms with Crippen LogP contribution in [0, 0.1) is 18.3 Å². The van der Waals surface area contributed by atoms with Crippen LogP contribution in [0.1, 0.15) is 48.9 Å². The van der Waals surface area contributed by atoms with E-state index in [1.807, 2.05) is 11.3 Å². The average molecular weight is 223 g/mol. The molecule has 2 N–H and O–H groups in total. The third kappa shape index (κ3) is 2.11. The largest absolute Gasteiger partial charge is 0.323 e. The third-order valence-corrected chi connectivity index (χ3v) is 4.97. The van der Waals surface area contributed by atoms with Crippen molar-refractivity contribution in [2.45, 2.75) is 46.1 Å². The molecule has 1 heterocycles. The van der Waals surface area contributed by atoms with Gasteiger partial charge in [0.2, 0.25) is 0 Å². The topological polar surface area (TPSA) is 26.0 Å². The highest BCUT2D eigenvalue weighted by molar-refractivity contribution is 7.12. The van der Waals surface area contributed by atoms with E-state index in [4.69, 9.17) is 5.73 Å². The van der Waals surface area contributed by atoms with Gasteiger partial charge in [0, 0.05) is 15.8 Å². The maximum absolute atomic E-state index is 6.40. The Bertz CT molecular complexity index is 340. The van der Waals surface area contributed by atoms with Crippen molar-refractivity contribution >= 4 is 11.3 Å². The van der Waals surface area contributed by atoms with Gasteiger partial charge in [-0.3, -0.25) is 0 Å². The zero-order valence-electron chi connectivity index (χ0n) is 9.92. The number of rotatable bonds is 2. The summed E-state index contributed by atoms with van der Waals surface area (Å²) < 4.78 is 0. The Morgan fingerprint density at radius 1 is 1.47 bits per heavy atom. The highest BCUT2D eigenvalue weighted by Crippen LogP contribution is 2.48. The molecule has 1 saturated carbocycles. The van der Waals surface area contributed by atoms with Gasteiger partial charge < -0.3 is 5.73 Å². The van der Waals surface area contributed by atoms with E-state index in [0.29, 0.717) is 11.3 Å². The summed E-state index contributed by atoms with van der Waals surface area (Å²) in [6.45, 7) is 6.89. The Morgan fingerprint density at radius 3 is 2.67 bits per heavy atom. The van der Waals surface area contributed by atoms with Gasteiger partial charge in [0.05, 0.1) is 0 Å². The second-order valence-corrected chi connectivity index (χ2v) is 6.78. The van der Waals surface area contributed by atoms with Crippen molar-refractivity contribution in [1.29, 1.82) is 0 Å². The molecule has 1 aromatic heterocycles. The van der Waals surface area contributed by atoms with Gasteiger partial charge >= 0.3 is 0 Å². The molecule has 2 atom stereocenters. The quantitative estimate of drug-likeness (QED) is 0.809. The fourth-order valence-corrected chi connectivity index (χ4v) is 3.79. The maximum Gasteiger partial charge on any atom is 0.0423 e. The summed E-state index contributed by atoms with van der Waals surface area (Å²) in [4.78, 5) is 2.74. The van der Waals surface area contributed by atoms with Crippen LogP contribution >= 0.6 is 11.3 Å². The molecule has 15 heavy (non-hydrogen) atoms. The molecular weight excluding hydrogens is 202 g/mol. The Labute approximate surface area is 96.7 Å².